The molecule has 0 saturated heterocycles. The van der Waals surface area contributed by atoms with Gasteiger partial charge in [-0.1, -0.05) is 48.9 Å². The van der Waals surface area contributed by atoms with Gasteiger partial charge in [0.05, 0.1) is 11.4 Å². The third kappa shape index (κ3) is 8.08. The molecular weight excluding hydrogens is 523 g/mol. The zero-order chi connectivity index (χ0) is 21.6. The van der Waals surface area contributed by atoms with Gasteiger partial charge in [-0.2, -0.15) is 0 Å². The van der Waals surface area contributed by atoms with Crippen LogP contribution in [0.25, 0.3) is 0 Å². The Labute approximate surface area is 203 Å². The monoisotopic (exact) mass is 556 g/mol. The number of nitrogens with one attached hydrogen (secondary N) is 3. The highest BCUT2D eigenvalue weighted by molar-refractivity contribution is 14.0. The SMILES string of the molecule is CCNC(=NCc1ccc(S(=O)(=O)NC2CC2)cc1)NCC(C)c1ccc(C)cc1.I. The molecule has 2 aromatic carbocycles. The number of benzene rings is 2. The fourth-order valence-corrected chi connectivity index (χ4v) is 4.34. The molecule has 170 valence electrons. The Bertz CT molecular complexity index is 956. The van der Waals surface area contributed by atoms with Crippen molar-refractivity contribution >= 4 is 40.0 Å². The largest absolute Gasteiger partial charge is 0.357 e. The van der Waals surface area contributed by atoms with Crippen LogP contribution >= 0.6 is 24.0 Å². The minimum atomic E-state index is -3.41. The van der Waals surface area contributed by atoms with Crippen molar-refractivity contribution < 1.29 is 8.42 Å². The Morgan fingerprint density at radius 1 is 1.06 bits per heavy atom. The van der Waals surface area contributed by atoms with E-state index >= 15 is 0 Å². The van der Waals surface area contributed by atoms with Crippen LogP contribution in [0.15, 0.2) is 58.4 Å². The van der Waals surface area contributed by atoms with E-state index in [9.17, 15) is 8.42 Å². The predicted octanol–water partition coefficient (Wildman–Crippen LogP) is 3.91. The van der Waals surface area contributed by atoms with E-state index in [1.54, 1.807) is 12.1 Å². The predicted molar refractivity (Wildman–Crippen MR) is 138 cm³/mol. The van der Waals surface area contributed by atoms with Crippen LogP contribution in [0.3, 0.4) is 0 Å². The second kappa shape index (κ2) is 11.8. The average Bonchev–Trinajstić information content (AvgIpc) is 3.54. The molecule has 2 aromatic rings. The summed E-state index contributed by atoms with van der Waals surface area (Å²) in [5, 5.41) is 6.67. The molecule has 1 fully saturated rings. The van der Waals surface area contributed by atoms with Gasteiger partial charge in [-0.15, -0.1) is 24.0 Å². The molecule has 8 heteroatoms. The Kier molecular flexibility index (Phi) is 9.77. The number of hydrogen-bond acceptors (Lipinski definition) is 3. The number of hydrogen-bond donors (Lipinski definition) is 3. The number of nitrogens with zero attached hydrogens (tertiary/aromatic N) is 1. The second-order valence-corrected chi connectivity index (χ2v) is 9.64. The van der Waals surface area contributed by atoms with Gasteiger partial charge in [0.25, 0.3) is 0 Å². The lowest BCUT2D eigenvalue weighted by Gasteiger charge is -2.16. The number of aliphatic imine (C=N–C) groups is 1. The molecule has 0 heterocycles. The van der Waals surface area contributed by atoms with Crippen molar-refractivity contribution in [2.75, 3.05) is 13.1 Å². The molecule has 3 rings (SSSR count). The zero-order valence-electron chi connectivity index (χ0n) is 18.4. The van der Waals surface area contributed by atoms with Crippen molar-refractivity contribution in [3.05, 3.63) is 65.2 Å². The highest BCUT2D eigenvalue weighted by Crippen LogP contribution is 2.22. The van der Waals surface area contributed by atoms with Crippen molar-refractivity contribution in [1.82, 2.24) is 15.4 Å². The minimum absolute atomic E-state index is 0. The van der Waals surface area contributed by atoms with Crippen molar-refractivity contribution in [3.8, 4) is 0 Å². The molecule has 1 aliphatic carbocycles. The maximum atomic E-state index is 12.3. The standard InChI is InChI=1S/C23H32N4O2S.HI/c1-4-24-23(25-15-18(3)20-9-5-17(2)6-10-20)26-16-19-7-13-22(14-8-19)30(28,29)27-21-11-12-21;/h5-10,13-14,18,21,27H,4,11-12,15-16H2,1-3H3,(H2,24,25,26);1H. The molecule has 1 unspecified atom stereocenters. The first-order valence-corrected chi connectivity index (χ1v) is 12.1. The number of halogens is 1. The van der Waals surface area contributed by atoms with Crippen LogP contribution in [-0.4, -0.2) is 33.5 Å². The van der Waals surface area contributed by atoms with E-state index in [1.165, 1.54) is 11.1 Å². The molecule has 1 atom stereocenters. The molecule has 0 aromatic heterocycles. The number of sulfonamides is 1. The topological polar surface area (TPSA) is 82.6 Å². The van der Waals surface area contributed by atoms with Gasteiger partial charge in [-0.25, -0.2) is 18.1 Å². The van der Waals surface area contributed by atoms with Crippen LogP contribution in [0, 0.1) is 6.92 Å². The van der Waals surface area contributed by atoms with E-state index in [4.69, 9.17) is 0 Å². The summed E-state index contributed by atoms with van der Waals surface area (Å²) < 4.78 is 27.2. The van der Waals surface area contributed by atoms with Crippen LogP contribution in [0.4, 0.5) is 0 Å². The molecule has 0 amide bonds. The quantitative estimate of drug-likeness (QED) is 0.249. The van der Waals surface area contributed by atoms with Gasteiger partial charge in [0, 0.05) is 19.1 Å². The van der Waals surface area contributed by atoms with E-state index in [2.05, 4.69) is 58.5 Å². The summed E-state index contributed by atoms with van der Waals surface area (Å²) >= 11 is 0. The zero-order valence-corrected chi connectivity index (χ0v) is 21.5. The van der Waals surface area contributed by atoms with Crippen molar-refractivity contribution in [1.29, 1.82) is 0 Å². The third-order valence-electron chi connectivity index (χ3n) is 5.12. The Morgan fingerprint density at radius 2 is 1.71 bits per heavy atom. The molecule has 0 radical (unpaired) electrons. The molecule has 0 bridgehead atoms. The summed E-state index contributed by atoms with van der Waals surface area (Å²) in [5.74, 6) is 1.11. The van der Waals surface area contributed by atoms with Crippen molar-refractivity contribution in [2.45, 2.75) is 57.0 Å². The molecule has 1 aliphatic rings. The van der Waals surface area contributed by atoms with Gasteiger partial charge < -0.3 is 10.6 Å². The van der Waals surface area contributed by atoms with Crippen LogP contribution in [-0.2, 0) is 16.6 Å². The first-order chi connectivity index (χ1) is 14.4. The van der Waals surface area contributed by atoms with E-state index in [0.717, 1.165) is 37.5 Å². The van der Waals surface area contributed by atoms with Gasteiger partial charge in [0.15, 0.2) is 5.96 Å². The molecule has 0 spiro atoms. The third-order valence-corrected chi connectivity index (χ3v) is 6.66. The van der Waals surface area contributed by atoms with Gasteiger partial charge >= 0.3 is 0 Å². The van der Waals surface area contributed by atoms with Gasteiger partial charge in [-0.05, 0) is 55.9 Å². The first-order valence-electron chi connectivity index (χ1n) is 10.6. The van der Waals surface area contributed by atoms with Gasteiger partial charge in [0.2, 0.25) is 10.0 Å². The summed E-state index contributed by atoms with van der Waals surface area (Å²) in [7, 11) is -3.41. The minimum Gasteiger partial charge on any atom is -0.357 e. The second-order valence-electron chi connectivity index (χ2n) is 7.93. The summed E-state index contributed by atoms with van der Waals surface area (Å²) in [6, 6.07) is 15.6. The fraction of sp³-hybridized carbons (Fsp3) is 0.435. The lowest BCUT2D eigenvalue weighted by Crippen LogP contribution is -2.39. The van der Waals surface area contributed by atoms with E-state index < -0.39 is 10.0 Å². The fourth-order valence-electron chi connectivity index (χ4n) is 3.04. The number of guanidine groups is 1. The lowest BCUT2D eigenvalue weighted by atomic mass is 10.0. The van der Waals surface area contributed by atoms with Crippen LogP contribution < -0.4 is 15.4 Å². The molecule has 31 heavy (non-hydrogen) atoms. The van der Waals surface area contributed by atoms with Crippen molar-refractivity contribution in [2.24, 2.45) is 4.99 Å². The summed E-state index contributed by atoms with van der Waals surface area (Å²) in [6.07, 6.45) is 1.85. The maximum Gasteiger partial charge on any atom is 0.240 e. The highest BCUT2D eigenvalue weighted by Gasteiger charge is 2.27. The normalized spacial score (nSPS) is 15.1. The first kappa shape index (κ1) is 25.6. The molecule has 1 saturated carbocycles. The lowest BCUT2D eigenvalue weighted by molar-refractivity contribution is 0.581. The molecule has 0 aliphatic heterocycles. The van der Waals surface area contributed by atoms with Gasteiger partial charge in [-0.3, -0.25) is 0 Å². The molecule has 6 nitrogen and oxygen atoms in total. The van der Waals surface area contributed by atoms with E-state index in [1.807, 2.05) is 19.1 Å². The molecular formula is C23H33IN4O2S. The highest BCUT2D eigenvalue weighted by atomic mass is 127. The van der Waals surface area contributed by atoms with Crippen LogP contribution in [0.2, 0.25) is 0 Å². The smallest absolute Gasteiger partial charge is 0.240 e. The number of rotatable bonds is 9. The van der Waals surface area contributed by atoms with Gasteiger partial charge in [0.1, 0.15) is 0 Å². The number of aryl methyl sites for hydroxylation is 1. The Hall–Kier alpha value is -1.65. The van der Waals surface area contributed by atoms with E-state index in [-0.39, 0.29) is 30.0 Å². The average molecular weight is 557 g/mol. The van der Waals surface area contributed by atoms with Crippen LogP contribution in [0.5, 0.6) is 0 Å². The van der Waals surface area contributed by atoms with Crippen LogP contribution in [0.1, 0.15) is 49.3 Å². The Morgan fingerprint density at radius 3 is 2.29 bits per heavy atom. The maximum absolute atomic E-state index is 12.3. The van der Waals surface area contributed by atoms with Crippen molar-refractivity contribution in [3.63, 3.8) is 0 Å². The van der Waals surface area contributed by atoms with E-state index in [0.29, 0.717) is 17.4 Å². The summed E-state index contributed by atoms with van der Waals surface area (Å²) in [4.78, 5) is 4.95. The summed E-state index contributed by atoms with van der Waals surface area (Å²) in [6.45, 7) is 8.34. The Balaban J connectivity index is 0.00000341. The summed E-state index contributed by atoms with van der Waals surface area (Å²) in [5.41, 5.74) is 3.51. The molecule has 3 N–H and O–H groups in total.